The first kappa shape index (κ1) is 12.8. The van der Waals surface area contributed by atoms with Gasteiger partial charge in [-0.25, -0.2) is 14.4 Å². The van der Waals surface area contributed by atoms with E-state index in [-0.39, 0.29) is 5.82 Å². The van der Waals surface area contributed by atoms with E-state index in [0.29, 0.717) is 31.8 Å². The second-order valence-corrected chi connectivity index (χ2v) is 6.13. The number of nitrogens with zero attached hydrogens (tertiary/aromatic N) is 2. The molecule has 0 aliphatic carbocycles. The normalized spacial score (nSPS) is 11.2. The minimum Gasteiger partial charge on any atom is -0.227 e. The molecule has 19 heavy (non-hydrogen) atoms. The largest absolute Gasteiger partial charge is 0.227 e. The first-order valence-electron chi connectivity index (χ1n) is 5.44. The van der Waals surface area contributed by atoms with Crippen molar-refractivity contribution in [3.05, 3.63) is 45.1 Å². The Bertz CT molecular complexity index is 786. The SMILES string of the molecule is Cc1cc2c(Cl)nc(-c3ccc(Cl)s3)nc2cc1F. The lowest BCUT2D eigenvalue weighted by Crippen LogP contribution is -1.92. The van der Waals surface area contributed by atoms with Gasteiger partial charge in [0.25, 0.3) is 0 Å². The average Bonchev–Trinajstić information content (AvgIpc) is 2.78. The number of hydrogen-bond acceptors (Lipinski definition) is 3. The second kappa shape index (κ2) is 4.71. The number of thiophene rings is 1. The number of aromatic nitrogens is 2. The van der Waals surface area contributed by atoms with Gasteiger partial charge < -0.3 is 0 Å². The van der Waals surface area contributed by atoms with Crippen LogP contribution in [0.3, 0.4) is 0 Å². The van der Waals surface area contributed by atoms with Gasteiger partial charge in [0.05, 0.1) is 14.7 Å². The Morgan fingerprint density at radius 3 is 2.63 bits per heavy atom. The summed E-state index contributed by atoms with van der Waals surface area (Å²) < 4.78 is 14.2. The van der Waals surface area contributed by atoms with Crippen LogP contribution < -0.4 is 0 Å². The van der Waals surface area contributed by atoms with Crippen LogP contribution in [0.5, 0.6) is 0 Å². The van der Waals surface area contributed by atoms with Crippen molar-refractivity contribution in [1.82, 2.24) is 9.97 Å². The molecule has 0 N–H and O–H groups in total. The summed E-state index contributed by atoms with van der Waals surface area (Å²) in [5, 5.41) is 0.958. The molecule has 2 heterocycles. The van der Waals surface area contributed by atoms with Crippen LogP contribution in [0, 0.1) is 12.7 Å². The van der Waals surface area contributed by atoms with E-state index >= 15 is 0 Å². The van der Waals surface area contributed by atoms with Gasteiger partial charge >= 0.3 is 0 Å². The summed E-state index contributed by atoms with van der Waals surface area (Å²) in [5.74, 6) is 0.148. The standard InChI is InChI=1S/C13H7Cl2FN2S/c1-6-4-7-9(5-8(6)16)17-13(18-12(7)15)10-2-3-11(14)19-10/h2-5H,1H3. The van der Waals surface area contributed by atoms with Crippen LogP contribution in [0.25, 0.3) is 21.6 Å². The summed E-state index contributed by atoms with van der Waals surface area (Å²) in [6.07, 6.45) is 0. The van der Waals surface area contributed by atoms with Crippen LogP contribution in [0.15, 0.2) is 24.3 Å². The molecule has 2 aromatic heterocycles. The topological polar surface area (TPSA) is 25.8 Å². The van der Waals surface area contributed by atoms with E-state index in [0.717, 1.165) is 4.88 Å². The van der Waals surface area contributed by atoms with Crippen molar-refractivity contribution in [1.29, 1.82) is 0 Å². The van der Waals surface area contributed by atoms with E-state index in [1.807, 2.05) is 6.07 Å². The van der Waals surface area contributed by atoms with Gasteiger partial charge in [-0.3, -0.25) is 0 Å². The molecule has 3 aromatic rings. The molecule has 0 unspecified atom stereocenters. The van der Waals surface area contributed by atoms with Gasteiger partial charge in [0.15, 0.2) is 5.82 Å². The highest BCUT2D eigenvalue weighted by Crippen LogP contribution is 2.32. The Hall–Kier alpha value is -1.23. The van der Waals surface area contributed by atoms with E-state index in [1.54, 1.807) is 19.1 Å². The lowest BCUT2D eigenvalue weighted by atomic mass is 10.1. The maximum absolute atomic E-state index is 13.6. The molecule has 1 aromatic carbocycles. The van der Waals surface area contributed by atoms with Crippen molar-refractivity contribution in [3.63, 3.8) is 0 Å². The molecule has 0 saturated heterocycles. The van der Waals surface area contributed by atoms with Crippen LogP contribution in [0.4, 0.5) is 4.39 Å². The number of aryl methyl sites for hydroxylation is 1. The van der Waals surface area contributed by atoms with Crippen LogP contribution >= 0.6 is 34.5 Å². The zero-order valence-corrected chi connectivity index (χ0v) is 12.1. The molecule has 3 rings (SSSR count). The molecular formula is C13H7Cl2FN2S. The van der Waals surface area contributed by atoms with Crippen LogP contribution in [0.2, 0.25) is 9.49 Å². The van der Waals surface area contributed by atoms with Gasteiger partial charge in [-0.2, -0.15) is 0 Å². The highest BCUT2D eigenvalue weighted by molar-refractivity contribution is 7.19. The maximum Gasteiger partial charge on any atom is 0.171 e. The molecule has 0 bridgehead atoms. The van der Waals surface area contributed by atoms with Gasteiger partial charge in [0.2, 0.25) is 0 Å². The summed E-state index contributed by atoms with van der Waals surface area (Å²) in [5.41, 5.74) is 1.01. The van der Waals surface area contributed by atoms with Crippen LogP contribution in [0.1, 0.15) is 5.56 Å². The predicted molar refractivity (Wildman–Crippen MR) is 77.6 cm³/mol. The Morgan fingerprint density at radius 2 is 1.95 bits per heavy atom. The molecule has 96 valence electrons. The molecule has 0 aliphatic heterocycles. The number of fused-ring (bicyclic) bond motifs is 1. The minimum absolute atomic E-state index is 0.308. The number of hydrogen-bond donors (Lipinski definition) is 0. The second-order valence-electron chi connectivity index (χ2n) is 4.06. The average molecular weight is 313 g/mol. The quantitative estimate of drug-likeness (QED) is 0.583. The number of benzene rings is 1. The van der Waals surface area contributed by atoms with Gasteiger partial charge in [0, 0.05) is 11.5 Å². The monoisotopic (exact) mass is 312 g/mol. The van der Waals surface area contributed by atoms with Crippen molar-refractivity contribution in [2.24, 2.45) is 0 Å². The van der Waals surface area contributed by atoms with E-state index < -0.39 is 0 Å². The first-order chi connectivity index (χ1) is 9.04. The smallest absolute Gasteiger partial charge is 0.171 e. The molecule has 0 radical (unpaired) electrons. The lowest BCUT2D eigenvalue weighted by molar-refractivity contribution is 0.620. The molecule has 0 spiro atoms. The van der Waals surface area contributed by atoms with E-state index in [9.17, 15) is 4.39 Å². The molecule has 0 saturated carbocycles. The van der Waals surface area contributed by atoms with Crippen molar-refractivity contribution in [2.45, 2.75) is 6.92 Å². The molecule has 0 fully saturated rings. The molecule has 0 aliphatic rings. The zero-order chi connectivity index (χ0) is 13.6. The van der Waals surface area contributed by atoms with Gasteiger partial charge in [-0.15, -0.1) is 11.3 Å². The highest BCUT2D eigenvalue weighted by atomic mass is 35.5. The Labute approximate surface area is 122 Å². The Kier molecular flexibility index (Phi) is 3.17. The van der Waals surface area contributed by atoms with Crippen molar-refractivity contribution >= 4 is 45.4 Å². The van der Waals surface area contributed by atoms with Crippen molar-refractivity contribution in [3.8, 4) is 10.7 Å². The molecule has 0 amide bonds. The third kappa shape index (κ3) is 2.31. The van der Waals surface area contributed by atoms with E-state index in [2.05, 4.69) is 9.97 Å². The van der Waals surface area contributed by atoms with Gasteiger partial charge in [-0.1, -0.05) is 23.2 Å². The fraction of sp³-hybridized carbons (Fsp3) is 0.0769. The Morgan fingerprint density at radius 1 is 1.16 bits per heavy atom. The summed E-state index contributed by atoms with van der Waals surface area (Å²) in [6.45, 7) is 1.68. The molecular weight excluding hydrogens is 306 g/mol. The highest BCUT2D eigenvalue weighted by Gasteiger charge is 2.11. The van der Waals surface area contributed by atoms with E-state index in [1.165, 1.54) is 17.4 Å². The molecule has 0 atom stereocenters. The van der Waals surface area contributed by atoms with Gasteiger partial charge in [-0.05, 0) is 30.7 Å². The van der Waals surface area contributed by atoms with Crippen molar-refractivity contribution < 1.29 is 4.39 Å². The first-order valence-corrected chi connectivity index (χ1v) is 7.01. The number of halogens is 3. The summed E-state index contributed by atoms with van der Waals surface area (Å²) in [7, 11) is 0. The predicted octanol–water partition coefficient (Wildman–Crippen LogP) is 5.11. The fourth-order valence-electron chi connectivity index (χ4n) is 1.77. The fourth-order valence-corrected chi connectivity index (χ4v) is 2.97. The number of rotatable bonds is 1. The van der Waals surface area contributed by atoms with Crippen molar-refractivity contribution in [2.75, 3.05) is 0 Å². The summed E-state index contributed by atoms with van der Waals surface area (Å²) >= 11 is 13.4. The van der Waals surface area contributed by atoms with Crippen LogP contribution in [-0.2, 0) is 0 Å². The third-order valence-corrected chi connectivity index (χ3v) is 4.24. The lowest BCUT2D eigenvalue weighted by Gasteiger charge is -2.05. The third-order valence-electron chi connectivity index (χ3n) is 2.72. The maximum atomic E-state index is 13.6. The molecule has 6 heteroatoms. The minimum atomic E-state index is -0.308. The zero-order valence-electron chi connectivity index (χ0n) is 9.75. The molecule has 2 nitrogen and oxygen atoms in total. The van der Waals surface area contributed by atoms with Crippen LogP contribution in [-0.4, -0.2) is 9.97 Å². The summed E-state index contributed by atoms with van der Waals surface area (Å²) in [6, 6.07) is 6.60. The Balaban J connectivity index is 2.27. The van der Waals surface area contributed by atoms with Gasteiger partial charge in [0.1, 0.15) is 11.0 Å². The summed E-state index contributed by atoms with van der Waals surface area (Å²) in [4.78, 5) is 9.38. The van der Waals surface area contributed by atoms with E-state index in [4.69, 9.17) is 23.2 Å².